The molecule has 6 nitrogen and oxygen atoms in total. The number of nitrogens with zero attached hydrogens (tertiary/aromatic N) is 2. The van der Waals surface area contributed by atoms with Crippen molar-refractivity contribution < 1.29 is 9.21 Å². The second-order valence-electron chi connectivity index (χ2n) is 8.74. The van der Waals surface area contributed by atoms with Gasteiger partial charge in [-0.15, -0.1) is 0 Å². The van der Waals surface area contributed by atoms with Crippen molar-refractivity contribution in [2.45, 2.75) is 18.6 Å². The van der Waals surface area contributed by atoms with Crippen molar-refractivity contribution in [2.24, 2.45) is 10.7 Å². The van der Waals surface area contributed by atoms with Crippen LogP contribution in [0.15, 0.2) is 119 Å². The first kappa shape index (κ1) is 27.2. The van der Waals surface area contributed by atoms with Crippen molar-refractivity contribution in [2.75, 3.05) is 14.1 Å². The van der Waals surface area contributed by atoms with Crippen LogP contribution in [0.5, 0.6) is 0 Å². The number of furan rings is 1. The third-order valence-electron chi connectivity index (χ3n) is 5.71. The van der Waals surface area contributed by atoms with Gasteiger partial charge in [0.2, 0.25) is 0 Å². The molecule has 0 saturated carbocycles. The zero-order valence-electron chi connectivity index (χ0n) is 21.4. The SMILES string of the molecule is C=C(NCc1ccco1)c1cccc(CN(C)C)c1.NC=NC(C=O)(c1ccccc1)c1ccccc1. The fourth-order valence-corrected chi connectivity index (χ4v) is 3.92. The standard InChI is InChI=1S/C16H20N2O.C15H14N2O/c1-13(17-11-16-8-5-9-19-16)15-7-4-6-14(10-15)12-18(2)3;16-12-17-15(11-18,13-7-3-1-4-8-13)14-9-5-2-6-10-14/h4-10,17H,1,11-12H2,2-3H3;1-12H,(H2,16,17). The topological polar surface area (TPSA) is 83.9 Å². The highest BCUT2D eigenvalue weighted by atomic mass is 16.3. The van der Waals surface area contributed by atoms with Crippen molar-refractivity contribution in [3.63, 3.8) is 0 Å². The number of nitrogens with two attached hydrogens (primary N) is 1. The van der Waals surface area contributed by atoms with Gasteiger partial charge in [0, 0.05) is 12.2 Å². The van der Waals surface area contributed by atoms with Crippen molar-refractivity contribution in [1.29, 1.82) is 0 Å². The first-order chi connectivity index (χ1) is 18.0. The molecule has 4 rings (SSSR count). The summed E-state index contributed by atoms with van der Waals surface area (Å²) < 4.78 is 5.29. The lowest BCUT2D eigenvalue weighted by Gasteiger charge is -2.24. The van der Waals surface area contributed by atoms with E-state index in [9.17, 15) is 4.79 Å². The zero-order chi connectivity index (χ0) is 26.5. The highest BCUT2D eigenvalue weighted by Gasteiger charge is 2.32. The molecule has 0 radical (unpaired) electrons. The highest BCUT2D eigenvalue weighted by Crippen LogP contribution is 2.31. The highest BCUT2D eigenvalue weighted by molar-refractivity contribution is 5.77. The second kappa shape index (κ2) is 13.6. The number of rotatable bonds is 10. The minimum atomic E-state index is -1.06. The molecule has 1 heterocycles. The van der Waals surface area contributed by atoms with E-state index in [0.717, 1.165) is 41.0 Å². The van der Waals surface area contributed by atoms with Gasteiger partial charge in [0.25, 0.3) is 0 Å². The third-order valence-corrected chi connectivity index (χ3v) is 5.71. The van der Waals surface area contributed by atoms with Crippen LogP contribution in [0.1, 0.15) is 28.0 Å². The van der Waals surface area contributed by atoms with E-state index in [1.165, 1.54) is 11.9 Å². The van der Waals surface area contributed by atoms with E-state index in [1.54, 1.807) is 6.26 Å². The maximum Gasteiger partial charge on any atom is 0.167 e. The van der Waals surface area contributed by atoms with Crippen LogP contribution in [0.4, 0.5) is 0 Å². The van der Waals surface area contributed by atoms with Gasteiger partial charge in [-0.2, -0.15) is 0 Å². The Morgan fingerprint density at radius 2 is 1.62 bits per heavy atom. The Morgan fingerprint density at radius 1 is 0.973 bits per heavy atom. The van der Waals surface area contributed by atoms with Gasteiger partial charge in [-0.3, -0.25) is 9.79 Å². The minimum Gasteiger partial charge on any atom is -0.467 e. The maximum absolute atomic E-state index is 11.6. The summed E-state index contributed by atoms with van der Waals surface area (Å²) in [5.41, 5.74) is 9.27. The van der Waals surface area contributed by atoms with Gasteiger partial charge in [0.1, 0.15) is 5.76 Å². The predicted octanol–water partition coefficient (Wildman–Crippen LogP) is 5.22. The van der Waals surface area contributed by atoms with Gasteiger partial charge >= 0.3 is 0 Å². The maximum atomic E-state index is 11.6. The number of carbonyl (C=O) groups excluding carboxylic acids is 1. The van der Waals surface area contributed by atoms with Crippen LogP contribution in [0.2, 0.25) is 0 Å². The number of nitrogens with one attached hydrogen (secondary N) is 1. The molecule has 0 spiro atoms. The lowest BCUT2D eigenvalue weighted by molar-refractivity contribution is -0.111. The summed E-state index contributed by atoms with van der Waals surface area (Å²) in [6.45, 7) is 5.66. The van der Waals surface area contributed by atoms with E-state index in [-0.39, 0.29) is 0 Å². The molecule has 0 bridgehead atoms. The van der Waals surface area contributed by atoms with Gasteiger partial charge in [0.05, 0.1) is 19.1 Å². The Balaban J connectivity index is 0.000000206. The molecule has 4 aromatic rings. The smallest absolute Gasteiger partial charge is 0.167 e. The average Bonchev–Trinajstić information content (AvgIpc) is 3.45. The molecule has 0 fully saturated rings. The first-order valence-electron chi connectivity index (χ1n) is 12.0. The molecule has 0 atom stereocenters. The summed E-state index contributed by atoms with van der Waals surface area (Å²) in [5, 5.41) is 3.28. The van der Waals surface area contributed by atoms with E-state index in [0.29, 0.717) is 6.54 Å². The molecule has 6 heteroatoms. The summed E-state index contributed by atoms with van der Waals surface area (Å²) in [4.78, 5) is 18.0. The van der Waals surface area contributed by atoms with Crippen molar-refractivity contribution in [3.05, 3.63) is 138 Å². The normalized spacial score (nSPS) is 11.1. The van der Waals surface area contributed by atoms with Gasteiger partial charge in [-0.05, 0) is 54.5 Å². The van der Waals surface area contributed by atoms with E-state index >= 15 is 0 Å². The Bertz CT molecular complexity index is 1230. The van der Waals surface area contributed by atoms with Crippen LogP contribution in [0, 0.1) is 0 Å². The lowest BCUT2D eigenvalue weighted by atomic mass is 9.85. The summed E-state index contributed by atoms with van der Waals surface area (Å²) in [5.74, 6) is 0.908. The van der Waals surface area contributed by atoms with Gasteiger partial charge in [-0.25, -0.2) is 0 Å². The molecule has 190 valence electrons. The minimum absolute atomic E-state index is 0.656. The number of aldehydes is 1. The fraction of sp³-hybridized carbons (Fsp3) is 0.161. The molecule has 0 aliphatic heterocycles. The van der Waals surface area contributed by atoms with E-state index in [1.807, 2.05) is 72.8 Å². The molecule has 0 amide bonds. The van der Waals surface area contributed by atoms with Gasteiger partial charge in [-0.1, -0.05) is 85.4 Å². The first-order valence-corrected chi connectivity index (χ1v) is 12.0. The molecule has 3 N–H and O–H groups in total. The summed E-state index contributed by atoms with van der Waals surface area (Å²) in [6.07, 6.45) is 3.67. The van der Waals surface area contributed by atoms with E-state index < -0.39 is 5.54 Å². The number of hydrogen-bond donors (Lipinski definition) is 2. The average molecular weight is 495 g/mol. The molecule has 37 heavy (non-hydrogen) atoms. The number of benzene rings is 3. The monoisotopic (exact) mass is 494 g/mol. The molecular weight excluding hydrogens is 460 g/mol. The van der Waals surface area contributed by atoms with Crippen LogP contribution >= 0.6 is 0 Å². The largest absolute Gasteiger partial charge is 0.467 e. The van der Waals surface area contributed by atoms with Crippen LogP contribution in [-0.2, 0) is 23.4 Å². The summed E-state index contributed by atoms with van der Waals surface area (Å²) in [7, 11) is 4.13. The van der Waals surface area contributed by atoms with Crippen LogP contribution in [0.25, 0.3) is 5.70 Å². The lowest BCUT2D eigenvalue weighted by Crippen LogP contribution is -2.28. The summed E-state index contributed by atoms with van der Waals surface area (Å²) in [6, 6.07) is 31.0. The van der Waals surface area contributed by atoms with E-state index in [2.05, 4.69) is 60.1 Å². The van der Waals surface area contributed by atoms with Crippen LogP contribution < -0.4 is 11.1 Å². The van der Waals surface area contributed by atoms with Crippen LogP contribution in [0.3, 0.4) is 0 Å². The Labute approximate surface area is 219 Å². The molecule has 0 unspecified atom stereocenters. The third kappa shape index (κ3) is 7.53. The molecular formula is C31H34N4O2. The molecule has 0 aliphatic rings. The number of hydrogen-bond acceptors (Lipinski definition) is 5. The predicted molar refractivity (Wildman–Crippen MR) is 151 cm³/mol. The number of carbonyl (C=O) groups is 1. The molecule has 1 aromatic heterocycles. The van der Waals surface area contributed by atoms with Crippen molar-refractivity contribution >= 4 is 18.3 Å². The Kier molecular flexibility index (Phi) is 10.00. The van der Waals surface area contributed by atoms with Crippen LogP contribution in [-0.4, -0.2) is 31.6 Å². The summed E-state index contributed by atoms with van der Waals surface area (Å²) >= 11 is 0. The Morgan fingerprint density at radius 3 is 2.14 bits per heavy atom. The van der Waals surface area contributed by atoms with Gasteiger partial charge in [0.15, 0.2) is 11.8 Å². The quantitative estimate of drug-likeness (QED) is 0.179. The second-order valence-corrected chi connectivity index (χ2v) is 8.74. The molecule has 0 saturated heterocycles. The Hall–Kier alpha value is -4.42. The van der Waals surface area contributed by atoms with Crippen molar-refractivity contribution in [3.8, 4) is 0 Å². The van der Waals surface area contributed by atoms with Crippen molar-refractivity contribution in [1.82, 2.24) is 10.2 Å². The molecule has 3 aromatic carbocycles. The zero-order valence-corrected chi connectivity index (χ0v) is 21.4. The van der Waals surface area contributed by atoms with Gasteiger partial charge < -0.3 is 20.4 Å². The molecule has 0 aliphatic carbocycles. The van der Waals surface area contributed by atoms with E-state index in [4.69, 9.17) is 10.2 Å². The fourth-order valence-electron chi connectivity index (χ4n) is 3.92. The number of aliphatic imine (C=N–C) groups is 1.